The van der Waals surface area contributed by atoms with Gasteiger partial charge in [-0.15, -0.1) is 0 Å². The molecule has 4 heteroatoms. The molecule has 0 radical (unpaired) electrons. The average molecular weight is 262 g/mol. The van der Waals surface area contributed by atoms with E-state index in [0.29, 0.717) is 11.8 Å². The van der Waals surface area contributed by atoms with Gasteiger partial charge in [-0.1, -0.05) is 24.3 Å². The number of carbonyl (C=O) groups excluding carboxylic acids is 2. The molecule has 0 aromatic carbocycles. The minimum atomic E-state index is -0.345. The molecule has 1 saturated carbocycles. The molecule has 19 heavy (non-hydrogen) atoms. The highest BCUT2D eigenvalue weighted by Crippen LogP contribution is 2.49. The molecule has 2 rings (SSSR count). The third-order valence-electron chi connectivity index (χ3n) is 3.89. The summed E-state index contributed by atoms with van der Waals surface area (Å²) >= 11 is 0. The van der Waals surface area contributed by atoms with Crippen LogP contribution in [0.3, 0.4) is 0 Å². The largest absolute Gasteiger partial charge is 0.466 e. The molecule has 0 unspecified atom stereocenters. The maximum absolute atomic E-state index is 11.2. The third-order valence-corrected chi connectivity index (χ3v) is 3.89. The van der Waals surface area contributed by atoms with Crippen LogP contribution in [0.1, 0.15) is 6.42 Å². The lowest BCUT2D eigenvalue weighted by Crippen LogP contribution is -2.16. The molecule has 0 saturated heterocycles. The number of rotatable bonds is 4. The van der Waals surface area contributed by atoms with Crippen molar-refractivity contribution in [2.45, 2.75) is 6.42 Å². The monoisotopic (exact) mass is 262 g/mol. The molecule has 0 aromatic rings. The van der Waals surface area contributed by atoms with E-state index < -0.39 is 0 Å². The molecule has 0 aliphatic heterocycles. The van der Waals surface area contributed by atoms with Crippen LogP contribution >= 0.6 is 0 Å². The molecule has 0 spiro atoms. The summed E-state index contributed by atoms with van der Waals surface area (Å²) in [4.78, 5) is 22.3. The summed E-state index contributed by atoms with van der Waals surface area (Å²) in [7, 11) is 2.73. The minimum Gasteiger partial charge on any atom is -0.466 e. The van der Waals surface area contributed by atoms with E-state index in [9.17, 15) is 9.59 Å². The van der Waals surface area contributed by atoms with E-state index in [0.717, 1.165) is 6.42 Å². The van der Waals surface area contributed by atoms with Crippen LogP contribution in [0.4, 0.5) is 0 Å². The Morgan fingerprint density at radius 1 is 0.947 bits per heavy atom. The summed E-state index contributed by atoms with van der Waals surface area (Å²) in [6.45, 7) is 0. The van der Waals surface area contributed by atoms with Crippen LogP contribution in [-0.2, 0) is 19.1 Å². The Morgan fingerprint density at radius 3 is 1.74 bits per heavy atom. The summed E-state index contributed by atoms with van der Waals surface area (Å²) in [6.07, 6.45) is 12.2. The molecule has 102 valence electrons. The maximum atomic E-state index is 11.2. The third kappa shape index (κ3) is 2.95. The van der Waals surface area contributed by atoms with Gasteiger partial charge in [0.2, 0.25) is 0 Å². The molecular formula is C15H18O4. The van der Waals surface area contributed by atoms with E-state index in [4.69, 9.17) is 0 Å². The molecule has 4 nitrogen and oxygen atoms in total. The first-order valence-corrected chi connectivity index (χ1v) is 6.36. The first-order valence-electron chi connectivity index (χ1n) is 6.36. The second-order valence-electron chi connectivity index (χ2n) is 4.87. The molecule has 2 aliphatic carbocycles. The molecule has 4 atom stereocenters. The summed E-state index contributed by atoms with van der Waals surface area (Å²) < 4.78 is 9.21. The average Bonchev–Trinajstić information content (AvgIpc) is 3.02. The van der Waals surface area contributed by atoms with Gasteiger partial charge >= 0.3 is 11.9 Å². The van der Waals surface area contributed by atoms with Crippen molar-refractivity contribution in [2.24, 2.45) is 23.7 Å². The van der Waals surface area contributed by atoms with Crippen LogP contribution in [0.5, 0.6) is 0 Å². The predicted molar refractivity (Wildman–Crippen MR) is 70.0 cm³/mol. The highest BCUT2D eigenvalue weighted by Gasteiger charge is 2.41. The lowest BCUT2D eigenvalue weighted by atomic mass is 9.82. The van der Waals surface area contributed by atoms with Crippen molar-refractivity contribution in [2.75, 3.05) is 14.2 Å². The van der Waals surface area contributed by atoms with Gasteiger partial charge in [0.15, 0.2) is 0 Å². The SMILES string of the molecule is COC(=O)/C=C\[C@H]1[C@@H](/C=C/C(=O)OC)[C@@H]2C=C[C@H]1C2. The zero-order valence-corrected chi connectivity index (χ0v) is 11.1. The number of ether oxygens (including phenoxy) is 2. The van der Waals surface area contributed by atoms with E-state index in [2.05, 4.69) is 21.6 Å². The van der Waals surface area contributed by atoms with E-state index in [1.54, 1.807) is 0 Å². The Bertz CT molecular complexity index is 407. The zero-order valence-electron chi connectivity index (χ0n) is 11.1. The van der Waals surface area contributed by atoms with Crippen molar-refractivity contribution in [1.29, 1.82) is 0 Å². The van der Waals surface area contributed by atoms with E-state index in [1.807, 2.05) is 12.2 Å². The van der Waals surface area contributed by atoms with Crippen LogP contribution in [0, 0.1) is 23.7 Å². The van der Waals surface area contributed by atoms with Crippen LogP contribution in [0.2, 0.25) is 0 Å². The topological polar surface area (TPSA) is 52.6 Å². The quantitative estimate of drug-likeness (QED) is 0.441. The number of hydrogen-bond donors (Lipinski definition) is 0. The fourth-order valence-electron chi connectivity index (χ4n) is 2.96. The normalized spacial score (nSPS) is 32.3. The summed E-state index contributed by atoms with van der Waals surface area (Å²) in [5.41, 5.74) is 0. The number of carbonyl (C=O) groups is 2. The molecular weight excluding hydrogens is 244 g/mol. The molecule has 1 fully saturated rings. The number of fused-ring (bicyclic) bond motifs is 2. The Kier molecular flexibility index (Phi) is 4.20. The van der Waals surface area contributed by atoms with Gasteiger partial charge in [0.25, 0.3) is 0 Å². The fourth-order valence-corrected chi connectivity index (χ4v) is 2.96. The lowest BCUT2D eigenvalue weighted by molar-refractivity contribution is -0.135. The smallest absolute Gasteiger partial charge is 0.330 e. The highest BCUT2D eigenvalue weighted by atomic mass is 16.5. The van der Waals surface area contributed by atoms with Gasteiger partial charge in [0.1, 0.15) is 0 Å². The number of methoxy groups -OCH3 is 2. The Hall–Kier alpha value is -1.84. The molecule has 0 aromatic heterocycles. The van der Waals surface area contributed by atoms with Gasteiger partial charge in [-0.05, 0) is 30.1 Å². The number of allylic oxidation sites excluding steroid dienone is 4. The zero-order chi connectivity index (χ0) is 13.8. The first kappa shape index (κ1) is 13.6. The summed E-state index contributed by atoms with van der Waals surface area (Å²) in [5.74, 6) is 0.686. The second-order valence-corrected chi connectivity index (χ2v) is 4.87. The minimum absolute atomic E-state index is 0.245. The van der Waals surface area contributed by atoms with E-state index in [1.165, 1.54) is 26.4 Å². The van der Waals surface area contributed by atoms with Crippen molar-refractivity contribution in [3.8, 4) is 0 Å². The van der Waals surface area contributed by atoms with Crippen LogP contribution in [0.15, 0.2) is 36.5 Å². The lowest BCUT2D eigenvalue weighted by Gasteiger charge is -2.22. The maximum Gasteiger partial charge on any atom is 0.330 e. The van der Waals surface area contributed by atoms with E-state index in [-0.39, 0.29) is 23.8 Å². The van der Waals surface area contributed by atoms with E-state index >= 15 is 0 Å². The molecule has 0 N–H and O–H groups in total. The second kappa shape index (κ2) is 5.87. The Labute approximate surface area is 112 Å². The van der Waals surface area contributed by atoms with Crippen molar-refractivity contribution in [3.63, 3.8) is 0 Å². The van der Waals surface area contributed by atoms with Gasteiger partial charge in [0, 0.05) is 12.2 Å². The summed E-state index contributed by atoms with van der Waals surface area (Å²) in [6, 6.07) is 0. The van der Waals surface area contributed by atoms with Crippen LogP contribution in [0.25, 0.3) is 0 Å². The Morgan fingerprint density at radius 2 is 1.37 bits per heavy atom. The highest BCUT2D eigenvalue weighted by molar-refractivity contribution is 5.82. The fraction of sp³-hybridized carbons (Fsp3) is 0.467. The first-order chi connectivity index (χ1) is 9.15. The number of esters is 2. The molecule has 2 bridgehead atoms. The van der Waals surface area contributed by atoms with Gasteiger partial charge in [-0.25, -0.2) is 9.59 Å². The van der Waals surface area contributed by atoms with Gasteiger partial charge < -0.3 is 9.47 Å². The Balaban J connectivity index is 2.09. The van der Waals surface area contributed by atoms with Crippen molar-refractivity contribution >= 4 is 11.9 Å². The van der Waals surface area contributed by atoms with Crippen LogP contribution in [-0.4, -0.2) is 26.2 Å². The standard InChI is InChI=1S/C15H18O4/c1-18-14(16)7-5-12-10-3-4-11(9-10)13(12)6-8-15(17)19-2/h3-8,10-13H,9H2,1-2H3/b7-5-,8-6+/t10-,11+,12+,13-/m0/s1. The van der Waals surface area contributed by atoms with Gasteiger partial charge in [-0.3, -0.25) is 0 Å². The van der Waals surface area contributed by atoms with Crippen molar-refractivity contribution in [3.05, 3.63) is 36.5 Å². The summed E-state index contributed by atoms with van der Waals surface area (Å²) in [5, 5.41) is 0. The van der Waals surface area contributed by atoms with Gasteiger partial charge in [0.05, 0.1) is 14.2 Å². The number of hydrogen-bond acceptors (Lipinski definition) is 4. The van der Waals surface area contributed by atoms with Gasteiger partial charge in [-0.2, -0.15) is 0 Å². The molecule has 0 amide bonds. The predicted octanol–water partition coefficient (Wildman–Crippen LogP) is 1.88. The van der Waals surface area contributed by atoms with Crippen LogP contribution < -0.4 is 0 Å². The van der Waals surface area contributed by atoms with Crippen molar-refractivity contribution < 1.29 is 19.1 Å². The molecule has 0 heterocycles. The van der Waals surface area contributed by atoms with Crippen molar-refractivity contribution in [1.82, 2.24) is 0 Å². The molecule has 2 aliphatic rings.